The van der Waals surface area contributed by atoms with Gasteiger partial charge >= 0.3 is 0 Å². The summed E-state index contributed by atoms with van der Waals surface area (Å²) < 4.78 is 13.4. The van der Waals surface area contributed by atoms with Crippen molar-refractivity contribution >= 4 is 17.7 Å². The molecule has 21 heavy (non-hydrogen) atoms. The summed E-state index contributed by atoms with van der Waals surface area (Å²) in [5.41, 5.74) is -0.824. The summed E-state index contributed by atoms with van der Waals surface area (Å²) in [5, 5.41) is 13.0. The molecule has 1 aliphatic rings. The van der Waals surface area contributed by atoms with Crippen molar-refractivity contribution in [2.75, 3.05) is 18.6 Å². The second-order valence-electron chi connectivity index (χ2n) is 6.06. The molecule has 1 fully saturated rings. The van der Waals surface area contributed by atoms with E-state index in [1.807, 2.05) is 12.3 Å². The van der Waals surface area contributed by atoms with Crippen LogP contribution in [0.1, 0.15) is 31.7 Å². The Hall–Kier alpha value is -1.07. The van der Waals surface area contributed by atoms with E-state index < -0.39 is 11.0 Å². The van der Waals surface area contributed by atoms with E-state index in [9.17, 15) is 14.3 Å². The number of carbonyl (C=O) groups excluding carboxylic acids is 1. The standard InChI is InChI=1S/C16H22FNO2S/c1-15(20,11-21-2)10-18-14(19)16(7-4-8-16)12-5-3-6-13(17)9-12/h3,5-6,9,20H,4,7-8,10-11H2,1-2H3,(H,18,19)/t15-/m0/s1. The van der Waals surface area contributed by atoms with E-state index in [0.717, 1.165) is 24.8 Å². The van der Waals surface area contributed by atoms with Crippen LogP contribution in [0.25, 0.3) is 0 Å². The molecule has 0 radical (unpaired) electrons. The Bertz CT molecular complexity index is 515. The third kappa shape index (κ3) is 3.58. The Morgan fingerprint density at radius 2 is 2.24 bits per heavy atom. The smallest absolute Gasteiger partial charge is 0.230 e. The minimum atomic E-state index is -0.929. The zero-order valence-corrected chi connectivity index (χ0v) is 13.3. The van der Waals surface area contributed by atoms with Gasteiger partial charge in [-0.15, -0.1) is 0 Å². The molecular formula is C16H22FNO2S. The SMILES string of the molecule is CSC[C@@](C)(O)CNC(=O)C1(c2cccc(F)c2)CCC1. The molecular weight excluding hydrogens is 289 g/mol. The highest BCUT2D eigenvalue weighted by Crippen LogP contribution is 2.44. The molecule has 1 aromatic carbocycles. The van der Waals surface area contributed by atoms with Crippen LogP contribution in [0, 0.1) is 5.82 Å². The summed E-state index contributed by atoms with van der Waals surface area (Å²) in [7, 11) is 0. The Morgan fingerprint density at radius 3 is 2.76 bits per heavy atom. The van der Waals surface area contributed by atoms with Crippen LogP contribution in [0.4, 0.5) is 4.39 Å². The van der Waals surface area contributed by atoms with Gasteiger partial charge in [0.1, 0.15) is 5.82 Å². The van der Waals surface area contributed by atoms with Crippen LogP contribution >= 0.6 is 11.8 Å². The van der Waals surface area contributed by atoms with Gasteiger partial charge in [0.2, 0.25) is 5.91 Å². The number of rotatable bonds is 6. The van der Waals surface area contributed by atoms with Gasteiger partial charge in [-0.25, -0.2) is 4.39 Å². The molecule has 1 aromatic rings. The van der Waals surface area contributed by atoms with Crippen molar-refractivity contribution in [3.63, 3.8) is 0 Å². The van der Waals surface area contributed by atoms with Gasteiger partial charge in [-0.05, 0) is 43.7 Å². The number of carbonyl (C=O) groups is 1. The lowest BCUT2D eigenvalue weighted by atomic mass is 9.63. The van der Waals surface area contributed by atoms with Gasteiger partial charge in [0.15, 0.2) is 0 Å². The van der Waals surface area contributed by atoms with Crippen molar-refractivity contribution in [3.8, 4) is 0 Å². The quantitative estimate of drug-likeness (QED) is 0.848. The number of hydrogen-bond donors (Lipinski definition) is 2. The minimum Gasteiger partial charge on any atom is -0.387 e. The highest BCUT2D eigenvalue weighted by Gasteiger charge is 2.46. The molecule has 2 rings (SSSR count). The molecule has 0 saturated heterocycles. The molecule has 1 amide bonds. The van der Waals surface area contributed by atoms with Gasteiger partial charge in [0.05, 0.1) is 11.0 Å². The number of thioether (sulfide) groups is 1. The number of aliphatic hydroxyl groups is 1. The van der Waals surface area contributed by atoms with Crippen LogP contribution in [-0.4, -0.2) is 35.2 Å². The second kappa shape index (κ2) is 6.36. The highest BCUT2D eigenvalue weighted by atomic mass is 32.2. The van der Waals surface area contributed by atoms with E-state index in [2.05, 4.69) is 5.32 Å². The number of halogens is 1. The van der Waals surface area contributed by atoms with Gasteiger partial charge in [-0.2, -0.15) is 11.8 Å². The molecule has 0 aliphatic heterocycles. The number of hydrogen-bond acceptors (Lipinski definition) is 3. The molecule has 5 heteroatoms. The Morgan fingerprint density at radius 1 is 1.52 bits per heavy atom. The summed E-state index contributed by atoms with van der Waals surface area (Å²) in [6.07, 6.45) is 4.33. The summed E-state index contributed by atoms with van der Waals surface area (Å²) in [6.45, 7) is 1.92. The Balaban J connectivity index is 2.09. The van der Waals surface area contributed by atoms with Gasteiger partial charge in [-0.3, -0.25) is 4.79 Å². The normalized spacial score (nSPS) is 19.4. The molecule has 0 bridgehead atoms. The molecule has 1 saturated carbocycles. The van der Waals surface area contributed by atoms with Crippen LogP contribution in [0.5, 0.6) is 0 Å². The van der Waals surface area contributed by atoms with Crippen LogP contribution < -0.4 is 5.32 Å². The van der Waals surface area contributed by atoms with E-state index in [1.54, 1.807) is 13.0 Å². The molecule has 0 aromatic heterocycles. The first-order chi connectivity index (χ1) is 9.89. The molecule has 2 N–H and O–H groups in total. The molecule has 1 aliphatic carbocycles. The van der Waals surface area contributed by atoms with Crippen LogP contribution in [0.3, 0.4) is 0 Å². The monoisotopic (exact) mass is 311 g/mol. The first-order valence-electron chi connectivity index (χ1n) is 7.15. The third-order valence-corrected chi connectivity index (χ3v) is 5.01. The summed E-state index contributed by atoms with van der Waals surface area (Å²) >= 11 is 1.53. The summed E-state index contributed by atoms with van der Waals surface area (Å²) in [6, 6.07) is 6.28. The average molecular weight is 311 g/mol. The highest BCUT2D eigenvalue weighted by molar-refractivity contribution is 7.98. The van der Waals surface area contributed by atoms with Crippen LogP contribution in [0.15, 0.2) is 24.3 Å². The lowest BCUT2D eigenvalue weighted by Crippen LogP contribution is -2.53. The van der Waals surface area contributed by atoms with Crippen molar-refractivity contribution in [2.45, 2.75) is 37.2 Å². The fourth-order valence-electron chi connectivity index (χ4n) is 2.77. The summed E-state index contributed by atoms with van der Waals surface area (Å²) in [4.78, 5) is 12.6. The zero-order chi connectivity index (χ0) is 15.5. The largest absolute Gasteiger partial charge is 0.387 e. The van der Waals surface area contributed by atoms with E-state index >= 15 is 0 Å². The number of amides is 1. The predicted molar refractivity (Wildman–Crippen MR) is 83.9 cm³/mol. The van der Waals surface area contributed by atoms with Crippen molar-refractivity contribution in [2.24, 2.45) is 0 Å². The predicted octanol–water partition coefficient (Wildman–Crippen LogP) is 2.48. The average Bonchev–Trinajstić information content (AvgIpc) is 2.35. The van der Waals surface area contributed by atoms with Gasteiger partial charge in [-0.1, -0.05) is 18.6 Å². The Labute approximate surface area is 129 Å². The van der Waals surface area contributed by atoms with E-state index in [1.165, 1.54) is 23.9 Å². The lowest BCUT2D eigenvalue weighted by Gasteiger charge is -2.41. The minimum absolute atomic E-state index is 0.110. The maximum atomic E-state index is 13.4. The van der Waals surface area contributed by atoms with E-state index in [-0.39, 0.29) is 18.3 Å². The zero-order valence-electron chi connectivity index (χ0n) is 12.5. The molecule has 0 unspecified atom stereocenters. The Kier molecular flexibility index (Phi) is 4.94. The first-order valence-corrected chi connectivity index (χ1v) is 8.55. The van der Waals surface area contributed by atoms with Gasteiger partial charge in [0.25, 0.3) is 0 Å². The molecule has 116 valence electrons. The third-order valence-electron chi connectivity index (χ3n) is 4.10. The van der Waals surface area contributed by atoms with Crippen molar-refractivity contribution in [1.29, 1.82) is 0 Å². The summed E-state index contributed by atoms with van der Waals surface area (Å²) in [5.74, 6) is 0.127. The van der Waals surface area contributed by atoms with Crippen LogP contribution in [0.2, 0.25) is 0 Å². The maximum absolute atomic E-state index is 13.4. The van der Waals surface area contributed by atoms with Crippen molar-refractivity contribution in [1.82, 2.24) is 5.32 Å². The maximum Gasteiger partial charge on any atom is 0.230 e. The number of nitrogens with one attached hydrogen (secondary N) is 1. The molecule has 0 heterocycles. The van der Waals surface area contributed by atoms with E-state index in [0.29, 0.717) is 5.75 Å². The van der Waals surface area contributed by atoms with Crippen molar-refractivity contribution < 1.29 is 14.3 Å². The van der Waals surface area contributed by atoms with Crippen molar-refractivity contribution in [3.05, 3.63) is 35.6 Å². The van der Waals surface area contributed by atoms with E-state index in [4.69, 9.17) is 0 Å². The lowest BCUT2D eigenvalue weighted by molar-refractivity contribution is -0.130. The molecule has 1 atom stereocenters. The number of benzene rings is 1. The molecule has 0 spiro atoms. The molecule has 3 nitrogen and oxygen atoms in total. The first kappa shape index (κ1) is 16.3. The fourth-order valence-corrected chi connectivity index (χ4v) is 3.49. The second-order valence-corrected chi connectivity index (χ2v) is 6.92. The topological polar surface area (TPSA) is 49.3 Å². The van der Waals surface area contributed by atoms with Gasteiger partial charge in [0, 0.05) is 12.3 Å². The van der Waals surface area contributed by atoms with Gasteiger partial charge < -0.3 is 10.4 Å². The van der Waals surface area contributed by atoms with Crippen LogP contribution in [-0.2, 0) is 10.2 Å². The fraction of sp³-hybridized carbons (Fsp3) is 0.562.